The van der Waals surface area contributed by atoms with Gasteiger partial charge in [0, 0.05) is 18.5 Å². The van der Waals surface area contributed by atoms with Crippen LogP contribution < -0.4 is 0 Å². The smallest absolute Gasteiger partial charge is 0.267 e. The fourth-order valence-electron chi connectivity index (χ4n) is 1.22. The van der Waals surface area contributed by atoms with E-state index in [0.717, 1.165) is 5.56 Å². The molecule has 0 fully saturated rings. The molecule has 0 aliphatic rings. The lowest BCUT2D eigenvalue weighted by Crippen LogP contribution is -2.06. The van der Waals surface area contributed by atoms with Crippen molar-refractivity contribution < 1.29 is 9.18 Å². The number of nitrogens with zero attached hydrogens (tertiary/aromatic N) is 2. The number of halogens is 1. The van der Waals surface area contributed by atoms with Crippen molar-refractivity contribution in [3.05, 3.63) is 60.2 Å². The summed E-state index contributed by atoms with van der Waals surface area (Å²) in [5.74, 6) is -0.537. The number of carbonyl (C=O) groups excluding carboxylic acids is 1. The molecule has 0 N–H and O–H groups in total. The molecule has 1 heterocycles. The minimum Gasteiger partial charge on any atom is -0.267 e. The zero-order valence-electron chi connectivity index (χ0n) is 8.38. The summed E-state index contributed by atoms with van der Waals surface area (Å²) in [4.78, 5) is 11.5. The van der Waals surface area contributed by atoms with Crippen LogP contribution in [-0.2, 0) is 0 Å². The molecule has 0 saturated carbocycles. The molecule has 0 bridgehead atoms. The van der Waals surface area contributed by atoms with E-state index in [0.29, 0.717) is 0 Å². The summed E-state index contributed by atoms with van der Waals surface area (Å²) in [5, 5.41) is 3.80. The Kier molecular flexibility index (Phi) is 2.91. The molecule has 2 rings (SSSR count). The third-order valence-corrected chi connectivity index (χ3v) is 2.02. The van der Waals surface area contributed by atoms with E-state index in [1.54, 1.807) is 30.5 Å². The number of hydrogen-bond acceptors (Lipinski definition) is 2. The van der Waals surface area contributed by atoms with Crippen LogP contribution in [0.4, 0.5) is 4.39 Å². The summed E-state index contributed by atoms with van der Waals surface area (Å²) >= 11 is 0. The second-order valence-corrected chi connectivity index (χ2v) is 3.17. The van der Waals surface area contributed by atoms with E-state index in [9.17, 15) is 9.18 Å². The molecular weight excluding hydrogens is 207 g/mol. The van der Waals surface area contributed by atoms with E-state index in [1.165, 1.54) is 29.1 Å². The zero-order chi connectivity index (χ0) is 11.4. The maximum absolute atomic E-state index is 12.6. The average Bonchev–Trinajstić information content (AvgIpc) is 2.81. The number of aromatic nitrogens is 2. The topological polar surface area (TPSA) is 34.9 Å². The van der Waals surface area contributed by atoms with Gasteiger partial charge < -0.3 is 0 Å². The first kappa shape index (κ1) is 10.3. The third kappa shape index (κ3) is 2.42. The minimum atomic E-state index is -0.296. The number of hydrogen-bond donors (Lipinski definition) is 0. The Morgan fingerprint density at radius 1 is 1.31 bits per heavy atom. The van der Waals surface area contributed by atoms with Crippen molar-refractivity contribution in [1.29, 1.82) is 0 Å². The van der Waals surface area contributed by atoms with Crippen LogP contribution in [0.5, 0.6) is 0 Å². The van der Waals surface area contributed by atoms with Crippen molar-refractivity contribution in [2.45, 2.75) is 0 Å². The summed E-state index contributed by atoms with van der Waals surface area (Å²) in [6.45, 7) is 0. The fourth-order valence-corrected chi connectivity index (χ4v) is 1.22. The summed E-state index contributed by atoms with van der Waals surface area (Å²) in [7, 11) is 0. The first-order valence-electron chi connectivity index (χ1n) is 4.73. The van der Waals surface area contributed by atoms with Crippen LogP contribution in [0.15, 0.2) is 48.8 Å². The first-order chi connectivity index (χ1) is 7.75. The van der Waals surface area contributed by atoms with Crippen LogP contribution in [0, 0.1) is 5.82 Å². The third-order valence-electron chi connectivity index (χ3n) is 2.02. The maximum atomic E-state index is 12.6. The van der Waals surface area contributed by atoms with Crippen molar-refractivity contribution in [2.24, 2.45) is 0 Å². The molecule has 0 unspecified atom stereocenters. The fraction of sp³-hybridized carbons (Fsp3) is 0. The summed E-state index contributed by atoms with van der Waals surface area (Å²) < 4.78 is 13.8. The average molecular weight is 216 g/mol. The van der Waals surface area contributed by atoms with Gasteiger partial charge >= 0.3 is 0 Å². The van der Waals surface area contributed by atoms with Gasteiger partial charge in [0.15, 0.2) is 0 Å². The molecule has 0 amide bonds. The van der Waals surface area contributed by atoms with Gasteiger partial charge in [-0.2, -0.15) is 5.10 Å². The van der Waals surface area contributed by atoms with E-state index in [2.05, 4.69) is 5.10 Å². The van der Waals surface area contributed by atoms with Gasteiger partial charge in [-0.3, -0.25) is 4.79 Å². The first-order valence-corrected chi connectivity index (χ1v) is 4.73. The molecule has 2 aromatic rings. The van der Waals surface area contributed by atoms with Crippen LogP contribution in [-0.4, -0.2) is 15.7 Å². The molecule has 3 nitrogen and oxygen atoms in total. The molecule has 1 aromatic carbocycles. The lowest BCUT2D eigenvalue weighted by Gasteiger charge is -1.94. The van der Waals surface area contributed by atoms with E-state index in [4.69, 9.17) is 0 Å². The zero-order valence-corrected chi connectivity index (χ0v) is 8.38. The predicted molar refractivity (Wildman–Crippen MR) is 58.3 cm³/mol. The lowest BCUT2D eigenvalue weighted by atomic mass is 10.2. The molecule has 4 heteroatoms. The Morgan fingerprint density at radius 2 is 2.06 bits per heavy atom. The highest BCUT2D eigenvalue weighted by molar-refractivity contribution is 5.92. The predicted octanol–water partition coefficient (Wildman–Crippen LogP) is 2.38. The Bertz CT molecular complexity index is 500. The van der Waals surface area contributed by atoms with Crippen LogP contribution in [0.25, 0.3) is 6.08 Å². The normalized spacial score (nSPS) is 10.8. The van der Waals surface area contributed by atoms with E-state index >= 15 is 0 Å². The van der Waals surface area contributed by atoms with Gasteiger partial charge in [-0.25, -0.2) is 9.07 Å². The SMILES string of the molecule is O=C(C=Cc1ccc(F)cc1)n1cccn1. The quantitative estimate of drug-likeness (QED) is 0.722. The van der Waals surface area contributed by atoms with Gasteiger partial charge in [-0.1, -0.05) is 12.1 Å². The van der Waals surface area contributed by atoms with E-state index in [1.807, 2.05) is 0 Å². The molecular formula is C12H9FN2O. The highest BCUT2D eigenvalue weighted by Crippen LogP contribution is 2.04. The molecule has 16 heavy (non-hydrogen) atoms. The number of benzene rings is 1. The molecule has 0 saturated heterocycles. The highest BCUT2D eigenvalue weighted by atomic mass is 19.1. The molecule has 0 atom stereocenters. The molecule has 0 aliphatic heterocycles. The second-order valence-electron chi connectivity index (χ2n) is 3.17. The lowest BCUT2D eigenvalue weighted by molar-refractivity contribution is 0.0955. The number of carbonyl (C=O) groups is 1. The van der Waals surface area contributed by atoms with E-state index < -0.39 is 0 Å². The summed E-state index contributed by atoms with van der Waals surface area (Å²) in [6, 6.07) is 7.56. The van der Waals surface area contributed by atoms with Crippen LogP contribution in [0.3, 0.4) is 0 Å². The van der Waals surface area contributed by atoms with Gasteiger partial charge in [-0.15, -0.1) is 0 Å². The maximum Gasteiger partial charge on any atom is 0.270 e. The Balaban J connectivity index is 2.10. The number of rotatable bonds is 2. The molecule has 0 aliphatic carbocycles. The largest absolute Gasteiger partial charge is 0.270 e. The Morgan fingerprint density at radius 3 is 2.69 bits per heavy atom. The molecule has 0 spiro atoms. The molecule has 80 valence electrons. The van der Waals surface area contributed by atoms with Crippen molar-refractivity contribution in [3.63, 3.8) is 0 Å². The Labute approximate surface area is 91.8 Å². The van der Waals surface area contributed by atoms with Crippen LogP contribution in [0.1, 0.15) is 10.4 Å². The van der Waals surface area contributed by atoms with Gasteiger partial charge in [0.1, 0.15) is 5.82 Å². The van der Waals surface area contributed by atoms with Crippen molar-refractivity contribution in [3.8, 4) is 0 Å². The van der Waals surface area contributed by atoms with Gasteiger partial charge in [-0.05, 0) is 29.8 Å². The Hall–Kier alpha value is -2.23. The molecule has 1 aromatic heterocycles. The standard InChI is InChI=1S/C12H9FN2O/c13-11-5-2-10(3-6-11)4-7-12(16)15-9-1-8-14-15/h1-9H. The van der Waals surface area contributed by atoms with Crippen LogP contribution >= 0.6 is 0 Å². The highest BCUT2D eigenvalue weighted by Gasteiger charge is 1.98. The van der Waals surface area contributed by atoms with Crippen molar-refractivity contribution in [1.82, 2.24) is 9.78 Å². The van der Waals surface area contributed by atoms with Gasteiger partial charge in [0.2, 0.25) is 0 Å². The van der Waals surface area contributed by atoms with Crippen molar-refractivity contribution in [2.75, 3.05) is 0 Å². The van der Waals surface area contributed by atoms with Gasteiger partial charge in [0.05, 0.1) is 0 Å². The summed E-state index contributed by atoms with van der Waals surface area (Å²) in [6.07, 6.45) is 6.10. The van der Waals surface area contributed by atoms with Crippen molar-refractivity contribution >= 4 is 12.0 Å². The monoisotopic (exact) mass is 216 g/mol. The molecule has 0 radical (unpaired) electrons. The summed E-state index contributed by atoms with van der Waals surface area (Å²) in [5.41, 5.74) is 0.766. The van der Waals surface area contributed by atoms with Crippen LogP contribution in [0.2, 0.25) is 0 Å². The number of allylic oxidation sites excluding steroid dienone is 1. The second kappa shape index (κ2) is 4.53. The van der Waals surface area contributed by atoms with Gasteiger partial charge in [0.25, 0.3) is 5.91 Å². The van der Waals surface area contributed by atoms with E-state index in [-0.39, 0.29) is 11.7 Å². The minimum absolute atomic E-state index is 0.241.